The molecule has 2 aromatic rings. The first kappa shape index (κ1) is 24.8. The summed E-state index contributed by atoms with van der Waals surface area (Å²) >= 11 is 10.6. The highest BCUT2D eigenvalue weighted by atomic mass is 35.5. The summed E-state index contributed by atoms with van der Waals surface area (Å²) in [6, 6.07) is 5.21. The predicted molar refractivity (Wildman–Crippen MR) is 116 cm³/mol. The molecule has 3 rings (SSSR count). The number of aliphatic hydroxyl groups is 1. The summed E-state index contributed by atoms with van der Waals surface area (Å²) in [6.07, 6.45) is 2.08. The number of halogens is 1. The fraction of sp³-hybridized carbons (Fsp3) is 0.412. The zero-order chi connectivity index (χ0) is 22.1. The van der Waals surface area contributed by atoms with Gasteiger partial charge in [-0.2, -0.15) is 0 Å². The molecule has 162 valence electrons. The number of methoxy groups -OCH3 is 2. The smallest absolute Gasteiger partial charge is 0.399 e. The van der Waals surface area contributed by atoms with Crippen molar-refractivity contribution in [3.8, 4) is 11.5 Å². The number of rotatable bonds is 7. The summed E-state index contributed by atoms with van der Waals surface area (Å²) in [7, 11) is 7.16. The summed E-state index contributed by atoms with van der Waals surface area (Å²) in [5.41, 5.74) is 0.531. The molecule has 2 radical (unpaired) electrons. The number of benzene rings is 1. The molecule has 1 aliphatic rings. The third kappa shape index (κ3) is 7.06. The van der Waals surface area contributed by atoms with E-state index >= 15 is 0 Å². The molecule has 0 amide bonds. The third-order valence-corrected chi connectivity index (χ3v) is 5.46. The second-order valence-electron chi connectivity index (χ2n) is 5.79. The normalized spacial score (nSPS) is 15.9. The van der Waals surface area contributed by atoms with Crippen molar-refractivity contribution in [2.75, 3.05) is 21.0 Å². The van der Waals surface area contributed by atoms with Crippen molar-refractivity contribution < 1.29 is 28.2 Å². The van der Waals surface area contributed by atoms with E-state index < -0.39 is 15.4 Å². The SMILES string of the molecule is COc1cccc2c1OP(OCO)OC2.[B][C@H](CCn1cc(Cl)c(=O)[nH]c1=S)OC. The molecule has 13 heteroatoms. The number of nitrogens with one attached hydrogen (secondary N) is 1. The van der Waals surface area contributed by atoms with Gasteiger partial charge in [0, 0.05) is 31.4 Å². The third-order valence-electron chi connectivity index (χ3n) is 3.86. The molecule has 1 aromatic heterocycles. The highest BCUT2D eigenvalue weighted by Crippen LogP contribution is 2.50. The molecule has 2 heterocycles. The van der Waals surface area contributed by atoms with Crippen LogP contribution >= 0.6 is 32.4 Å². The van der Waals surface area contributed by atoms with E-state index in [-0.39, 0.29) is 16.6 Å². The molecule has 0 fully saturated rings. The highest BCUT2D eigenvalue weighted by molar-refractivity contribution is 7.71. The molecule has 2 N–H and O–H groups in total. The van der Waals surface area contributed by atoms with Crippen LogP contribution in [0.4, 0.5) is 0 Å². The Morgan fingerprint density at radius 2 is 2.23 bits per heavy atom. The van der Waals surface area contributed by atoms with Crippen molar-refractivity contribution in [3.05, 3.63) is 50.1 Å². The number of aliphatic hydroxyl groups excluding tert-OH is 1. The Labute approximate surface area is 186 Å². The molecule has 0 bridgehead atoms. The Hall–Kier alpha value is -1.46. The Morgan fingerprint density at radius 3 is 2.90 bits per heavy atom. The fourth-order valence-electron chi connectivity index (χ4n) is 2.31. The minimum atomic E-state index is -1.51. The monoisotopic (exact) mass is 474 g/mol. The van der Waals surface area contributed by atoms with Gasteiger partial charge in [0.05, 0.1) is 13.7 Å². The lowest BCUT2D eigenvalue weighted by Crippen LogP contribution is -2.17. The number of fused-ring (bicyclic) bond motifs is 1. The van der Waals surface area contributed by atoms with Gasteiger partial charge in [0.15, 0.2) is 23.1 Å². The van der Waals surface area contributed by atoms with Gasteiger partial charge in [-0.25, -0.2) is 0 Å². The van der Waals surface area contributed by atoms with Gasteiger partial charge in [0.1, 0.15) is 12.9 Å². The molecule has 2 atom stereocenters. The van der Waals surface area contributed by atoms with Gasteiger partial charge < -0.3 is 23.7 Å². The summed E-state index contributed by atoms with van der Waals surface area (Å²) < 4.78 is 27.6. The average Bonchev–Trinajstić information content (AvgIpc) is 2.75. The molecule has 0 saturated heterocycles. The standard InChI is InChI=1S/C9H11O5P.C8H10BClN2O2S/c1-11-8-4-2-3-7-5-12-15(13-6-10)14-9(7)8;1-14-6(9)2-3-12-4-5(10)7(13)11-8(12)15/h2-4,10H,5-6H2,1H3;4,6H,2-3H2,1H3,(H,11,13,15)/t;6-/m.0/s1. The number of hydrogen-bond acceptors (Lipinski definition) is 8. The molecule has 1 aliphatic heterocycles. The molecule has 30 heavy (non-hydrogen) atoms. The van der Waals surface area contributed by atoms with Gasteiger partial charge in [-0.15, -0.1) is 0 Å². The zero-order valence-corrected chi connectivity index (χ0v) is 18.8. The lowest BCUT2D eigenvalue weighted by atomic mass is 9.97. The second-order valence-corrected chi connectivity index (χ2v) is 7.73. The number of para-hydroxylation sites is 1. The topological polar surface area (TPSA) is 104 Å². The lowest BCUT2D eigenvalue weighted by molar-refractivity contribution is 0.0701. The number of ether oxygens (including phenoxy) is 2. The number of aromatic amines is 1. The van der Waals surface area contributed by atoms with Crippen molar-refractivity contribution in [2.24, 2.45) is 0 Å². The molecule has 1 unspecified atom stereocenters. The number of aromatic nitrogens is 2. The van der Waals surface area contributed by atoms with Gasteiger partial charge in [-0.3, -0.25) is 18.8 Å². The molecule has 9 nitrogen and oxygen atoms in total. The van der Waals surface area contributed by atoms with Crippen LogP contribution in [0.3, 0.4) is 0 Å². The second kappa shape index (κ2) is 12.4. The van der Waals surface area contributed by atoms with Gasteiger partial charge in [0.25, 0.3) is 5.56 Å². The van der Waals surface area contributed by atoms with Crippen LogP contribution in [-0.4, -0.2) is 49.5 Å². The van der Waals surface area contributed by atoms with Crippen LogP contribution in [0.15, 0.2) is 29.2 Å². The Kier molecular flexibility index (Phi) is 10.3. The van der Waals surface area contributed by atoms with Gasteiger partial charge in [-0.05, 0) is 24.7 Å². The van der Waals surface area contributed by atoms with Crippen molar-refractivity contribution in [2.45, 2.75) is 25.6 Å². The first-order valence-electron chi connectivity index (χ1n) is 8.67. The number of hydrogen-bond donors (Lipinski definition) is 2. The molecule has 0 spiro atoms. The maximum Gasteiger partial charge on any atom is 0.399 e. The van der Waals surface area contributed by atoms with Crippen LogP contribution in [0.1, 0.15) is 12.0 Å². The summed E-state index contributed by atoms with van der Waals surface area (Å²) in [5.74, 6) is 1.27. The van der Waals surface area contributed by atoms with E-state index in [0.29, 0.717) is 35.8 Å². The maximum atomic E-state index is 11.1. The minimum absolute atomic E-state index is 0.106. The van der Waals surface area contributed by atoms with E-state index in [1.54, 1.807) is 17.7 Å². The van der Waals surface area contributed by atoms with Crippen LogP contribution in [0, 0.1) is 4.77 Å². The van der Waals surface area contributed by atoms with Crippen LogP contribution in [0.2, 0.25) is 5.02 Å². The van der Waals surface area contributed by atoms with E-state index in [0.717, 1.165) is 5.56 Å². The molecule has 0 saturated carbocycles. The van der Waals surface area contributed by atoms with Crippen molar-refractivity contribution in [1.29, 1.82) is 0 Å². The largest absolute Gasteiger partial charge is 0.493 e. The van der Waals surface area contributed by atoms with Crippen molar-refractivity contribution in [3.63, 3.8) is 0 Å². The van der Waals surface area contributed by atoms with Gasteiger partial charge in [0.2, 0.25) is 0 Å². The summed E-state index contributed by atoms with van der Waals surface area (Å²) in [6.45, 7) is 0.527. The van der Waals surface area contributed by atoms with Crippen molar-refractivity contribution >= 4 is 40.3 Å². The summed E-state index contributed by atoms with van der Waals surface area (Å²) in [4.78, 5) is 13.5. The maximum absolute atomic E-state index is 11.1. The van der Waals surface area contributed by atoms with Gasteiger partial charge >= 0.3 is 8.60 Å². The van der Waals surface area contributed by atoms with E-state index in [9.17, 15) is 4.79 Å². The van der Waals surface area contributed by atoms with Crippen LogP contribution in [0.5, 0.6) is 11.5 Å². The van der Waals surface area contributed by atoms with E-state index in [4.69, 9.17) is 59.8 Å². The quantitative estimate of drug-likeness (QED) is 0.273. The minimum Gasteiger partial charge on any atom is -0.493 e. The van der Waals surface area contributed by atoms with Crippen LogP contribution in [0.25, 0.3) is 0 Å². The van der Waals surface area contributed by atoms with Crippen LogP contribution in [-0.2, 0) is 26.9 Å². The van der Waals surface area contributed by atoms with Gasteiger partial charge in [-0.1, -0.05) is 23.7 Å². The molecular formula is C17H21BClN2O7PS. The van der Waals surface area contributed by atoms with E-state index in [1.165, 1.54) is 13.3 Å². The van der Waals surface area contributed by atoms with E-state index in [2.05, 4.69) is 4.98 Å². The first-order chi connectivity index (χ1) is 14.4. The first-order valence-corrected chi connectivity index (χ1v) is 10.6. The average molecular weight is 475 g/mol. The highest BCUT2D eigenvalue weighted by Gasteiger charge is 2.25. The Balaban J connectivity index is 0.000000214. The number of H-pyrrole nitrogens is 1. The predicted octanol–water partition coefficient (Wildman–Crippen LogP) is 2.89. The Morgan fingerprint density at radius 1 is 1.47 bits per heavy atom. The number of aryl methyl sites for hydroxylation is 1. The number of nitrogens with zero attached hydrogens (tertiary/aromatic N) is 1. The lowest BCUT2D eigenvalue weighted by Gasteiger charge is -2.24. The van der Waals surface area contributed by atoms with Crippen LogP contribution < -0.4 is 14.8 Å². The molecule has 0 aliphatic carbocycles. The molecule has 1 aromatic carbocycles. The van der Waals surface area contributed by atoms with Crippen molar-refractivity contribution in [1.82, 2.24) is 9.55 Å². The van der Waals surface area contributed by atoms with E-state index in [1.807, 2.05) is 12.1 Å². The fourth-order valence-corrected chi connectivity index (χ4v) is 3.58. The Bertz CT molecular complexity index is 931. The summed E-state index contributed by atoms with van der Waals surface area (Å²) in [5, 5.41) is 8.70. The zero-order valence-electron chi connectivity index (χ0n) is 16.4. The molecular weight excluding hydrogens is 454 g/mol.